The van der Waals surface area contributed by atoms with Crippen molar-refractivity contribution in [2.24, 2.45) is 0 Å². The third-order valence-electron chi connectivity index (χ3n) is 4.87. The summed E-state index contributed by atoms with van der Waals surface area (Å²) in [4.78, 5) is 28.7. The van der Waals surface area contributed by atoms with Gasteiger partial charge >= 0.3 is 5.97 Å². The van der Waals surface area contributed by atoms with E-state index in [1.165, 1.54) is 0 Å². The van der Waals surface area contributed by atoms with E-state index in [1.54, 1.807) is 36.4 Å². The topological polar surface area (TPSA) is 72.9 Å². The summed E-state index contributed by atoms with van der Waals surface area (Å²) in [6, 6.07) is 15.0. The van der Waals surface area contributed by atoms with Crippen LogP contribution in [0.2, 0.25) is 0 Å². The van der Waals surface area contributed by atoms with Crippen molar-refractivity contribution in [2.75, 3.05) is 33.2 Å². The Bertz CT molecular complexity index is 769. The molecule has 2 aromatic rings. The standard InChI is InChI=1S/C21H25N3O3/c1-23-11-13-24(14-12-23)15-16-7-9-18(10-8-16)20(25)22-19(21(26)27)17-5-3-2-4-6-17/h2-10,19H,11-15H2,1H3,(H,22,25)(H,26,27)/t19-/m1/s1. The fraction of sp³-hybridized carbons (Fsp3) is 0.333. The minimum Gasteiger partial charge on any atom is -0.479 e. The van der Waals surface area contributed by atoms with Gasteiger partial charge in [0.1, 0.15) is 0 Å². The second-order valence-corrected chi connectivity index (χ2v) is 6.93. The Morgan fingerprint density at radius 3 is 2.22 bits per heavy atom. The highest BCUT2D eigenvalue weighted by Gasteiger charge is 2.22. The number of nitrogens with zero attached hydrogens (tertiary/aromatic N) is 2. The molecule has 0 radical (unpaired) electrons. The monoisotopic (exact) mass is 367 g/mol. The molecule has 1 fully saturated rings. The van der Waals surface area contributed by atoms with Gasteiger partial charge in [-0.25, -0.2) is 4.79 Å². The summed E-state index contributed by atoms with van der Waals surface area (Å²) in [6.45, 7) is 5.07. The van der Waals surface area contributed by atoms with E-state index < -0.39 is 17.9 Å². The van der Waals surface area contributed by atoms with Gasteiger partial charge < -0.3 is 15.3 Å². The van der Waals surface area contributed by atoms with E-state index in [1.807, 2.05) is 18.2 Å². The van der Waals surface area contributed by atoms with Crippen molar-refractivity contribution >= 4 is 11.9 Å². The van der Waals surface area contributed by atoms with Gasteiger partial charge in [-0.15, -0.1) is 0 Å². The van der Waals surface area contributed by atoms with E-state index in [-0.39, 0.29) is 0 Å². The van der Waals surface area contributed by atoms with Gasteiger partial charge in [-0.3, -0.25) is 9.69 Å². The number of piperazine rings is 1. The van der Waals surface area contributed by atoms with Gasteiger partial charge in [0.05, 0.1) is 0 Å². The van der Waals surface area contributed by atoms with Gasteiger partial charge in [-0.05, 0) is 30.3 Å². The SMILES string of the molecule is CN1CCN(Cc2ccc(C(=O)N[C@@H](C(=O)O)c3ccccc3)cc2)CC1. The number of rotatable bonds is 6. The lowest BCUT2D eigenvalue weighted by Crippen LogP contribution is -2.43. The van der Waals surface area contributed by atoms with Gasteiger partial charge in [-0.1, -0.05) is 42.5 Å². The summed E-state index contributed by atoms with van der Waals surface area (Å²) in [5, 5.41) is 12.0. The number of carboxylic acid groups (broad SMARTS) is 1. The Labute approximate surface area is 159 Å². The fourth-order valence-corrected chi connectivity index (χ4v) is 3.17. The lowest BCUT2D eigenvalue weighted by molar-refractivity contribution is -0.139. The Morgan fingerprint density at radius 2 is 1.63 bits per heavy atom. The molecule has 1 amide bonds. The molecule has 6 nitrogen and oxygen atoms in total. The number of carboxylic acids is 1. The first-order chi connectivity index (χ1) is 13.0. The van der Waals surface area contributed by atoms with E-state index >= 15 is 0 Å². The number of aliphatic carboxylic acids is 1. The maximum Gasteiger partial charge on any atom is 0.330 e. The van der Waals surface area contributed by atoms with Crippen LogP contribution in [0.4, 0.5) is 0 Å². The predicted octanol–water partition coefficient (Wildman–Crippen LogP) is 1.99. The highest BCUT2D eigenvalue weighted by molar-refractivity contribution is 5.96. The van der Waals surface area contributed by atoms with Gasteiger partial charge in [-0.2, -0.15) is 0 Å². The molecule has 27 heavy (non-hydrogen) atoms. The summed E-state index contributed by atoms with van der Waals surface area (Å²) < 4.78 is 0. The molecule has 0 aliphatic carbocycles. The summed E-state index contributed by atoms with van der Waals surface area (Å²) in [5.74, 6) is -1.47. The molecule has 1 aliphatic heterocycles. The average molecular weight is 367 g/mol. The van der Waals surface area contributed by atoms with Crippen LogP contribution >= 0.6 is 0 Å². The molecule has 1 atom stereocenters. The minimum atomic E-state index is -1.08. The zero-order valence-corrected chi connectivity index (χ0v) is 15.5. The van der Waals surface area contributed by atoms with Gasteiger partial charge in [0.15, 0.2) is 6.04 Å². The zero-order chi connectivity index (χ0) is 19.2. The number of benzene rings is 2. The normalized spacial score (nSPS) is 16.6. The zero-order valence-electron chi connectivity index (χ0n) is 15.5. The van der Waals surface area contributed by atoms with Crippen molar-refractivity contribution in [3.05, 3.63) is 71.3 Å². The van der Waals surface area contributed by atoms with Crippen molar-refractivity contribution in [2.45, 2.75) is 12.6 Å². The van der Waals surface area contributed by atoms with Gasteiger partial charge in [0, 0.05) is 38.3 Å². The molecule has 0 unspecified atom stereocenters. The summed E-state index contributed by atoms with van der Waals surface area (Å²) in [5.41, 5.74) is 2.15. The van der Waals surface area contributed by atoms with Gasteiger partial charge in [0.2, 0.25) is 0 Å². The molecule has 142 valence electrons. The lowest BCUT2D eigenvalue weighted by atomic mass is 10.1. The number of likely N-dealkylation sites (N-methyl/N-ethyl adjacent to an activating group) is 1. The lowest BCUT2D eigenvalue weighted by Gasteiger charge is -2.32. The van der Waals surface area contributed by atoms with E-state index in [9.17, 15) is 14.7 Å². The summed E-state index contributed by atoms with van der Waals surface area (Å²) in [6.07, 6.45) is 0. The highest BCUT2D eigenvalue weighted by Crippen LogP contribution is 2.15. The second-order valence-electron chi connectivity index (χ2n) is 6.93. The van der Waals surface area contributed by atoms with Crippen LogP contribution in [-0.2, 0) is 11.3 Å². The highest BCUT2D eigenvalue weighted by atomic mass is 16.4. The molecule has 1 saturated heterocycles. The molecule has 0 spiro atoms. The minimum absolute atomic E-state index is 0.391. The first kappa shape index (κ1) is 19.1. The number of carbonyl (C=O) groups excluding carboxylic acids is 1. The summed E-state index contributed by atoms with van der Waals surface area (Å²) >= 11 is 0. The van der Waals surface area contributed by atoms with Crippen molar-refractivity contribution in [3.8, 4) is 0 Å². The summed E-state index contributed by atoms with van der Waals surface area (Å²) in [7, 11) is 2.13. The molecule has 0 aromatic heterocycles. The van der Waals surface area contributed by atoms with Crippen LogP contribution in [0.5, 0.6) is 0 Å². The van der Waals surface area contributed by atoms with E-state index in [4.69, 9.17) is 0 Å². The van der Waals surface area contributed by atoms with Crippen LogP contribution in [0.3, 0.4) is 0 Å². The molecule has 6 heteroatoms. The van der Waals surface area contributed by atoms with Gasteiger partial charge in [0.25, 0.3) is 5.91 Å². The smallest absolute Gasteiger partial charge is 0.330 e. The van der Waals surface area contributed by atoms with Crippen LogP contribution in [0.25, 0.3) is 0 Å². The van der Waals surface area contributed by atoms with Crippen LogP contribution < -0.4 is 5.32 Å². The number of hydrogen-bond donors (Lipinski definition) is 2. The molecule has 0 bridgehead atoms. The van der Waals surface area contributed by atoms with Crippen LogP contribution in [0.1, 0.15) is 27.5 Å². The number of amides is 1. The molecule has 2 aromatic carbocycles. The Balaban J connectivity index is 1.62. The van der Waals surface area contributed by atoms with Crippen LogP contribution in [0, 0.1) is 0 Å². The first-order valence-corrected chi connectivity index (χ1v) is 9.11. The van der Waals surface area contributed by atoms with Crippen molar-refractivity contribution in [1.82, 2.24) is 15.1 Å². The van der Waals surface area contributed by atoms with Crippen LogP contribution in [0.15, 0.2) is 54.6 Å². The Kier molecular flexibility index (Phi) is 6.21. The first-order valence-electron chi connectivity index (χ1n) is 9.11. The molecular weight excluding hydrogens is 342 g/mol. The number of hydrogen-bond acceptors (Lipinski definition) is 4. The van der Waals surface area contributed by atoms with Crippen molar-refractivity contribution < 1.29 is 14.7 Å². The third-order valence-corrected chi connectivity index (χ3v) is 4.87. The van der Waals surface area contributed by atoms with Crippen molar-refractivity contribution in [1.29, 1.82) is 0 Å². The molecule has 0 saturated carbocycles. The molecule has 2 N–H and O–H groups in total. The molecule has 3 rings (SSSR count). The van der Waals surface area contributed by atoms with Crippen LogP contribution in [-0.4, -0.2) is 60.0 Å². The quantitative estimate of drug-likeness (QED) is 0.817. The number of carbonyl (C=O) groups is 2. The maximum absolute atomic E-state index is 12.5. The largest absolute Gasteiger partial charge is 0.479 e. The average Bonchev–Trinajstić information content (AvgIpc) is 2.69. The maximum atomic E-state index is 12.5. The Hall–Kier alpha value is -2.70. The predicted molar refractivity (Wildman–Crippen MR) is 104 cm³/mol. The van der Waals surface area contributed by atoms with Crippen molar-refractivity contribution in [3.63, 3.8) is 0 Å². The van der Waals surface area contributed by atoms with E-state index in [0.29, 0.717) is 11.1 Å². The van der Waals surface area contributed by atoms with E-state index in [2.05, 4.69) is 22.2 Å². The molecular formula is C21H25N3O3. The third kappa shape index (κ3) is 5.15. The molecule has 1 heterocycles. The Morgan fingerprint density at radius 1 is 1.00 bits per heavy atom. The second kappa shape index (κ2) is 8.79. The number of nitrogens with one attached hydrogen (secondary N) is 1. The fourth-order valence-electron chi connectivity index (χ4n) is 3.17. The van der Waals surface area contributed by atoms with E-state index in [0.717, 1.165) is 38.3 Å². The molecule has 1 aliphatic rings.